The maximum Gasteiger partial charge on any atom is 0.235 e. The van der Waals surface area contributed by atoms with Crippen LogP contribution in [0.2, 0.25) is 0 Å². The summed E-state index contributed by atoms with van der Waals surface area (Å²) in [4.78, 5) is 13.6. The molecule has 1 aliphatic rings. The second-order valence-corrected chi connectivity index (χ2v) is 4.65. The third kappa shape index (κ3) is 2.61. The van der Waals surface area contributed by atoms with E-state index in [0.717, 1.165) is 19.5 Å². The van der Waals surface area contributed by atoms with Gasteiger partial charge in [-0.15, -0.1) is 0 Å². The van der Waals surface area contributed by atoms with Crippen LogP contribution in [0, 0.1) is 0 Å². The Hall–Kier alpha value is -0.220. The molecule has 3 nitrogen and oxygen atoms in total. The number of hydrogen-bond acceptors (Lipinski definition) is 3. The zero-order valence-electron chi connectivity index (χ0n) is 8.54. The molecule has 0 aromatic rings. The molecule has 0 saturated carbocycles. The summed E-state index contributed by atoms with van der Waals surface area (Å²) in [6.07, 6.45) is 3.06. The number of thioether (sulfide) groups is 1. The molecule has 1 aliphatic heterocycles. The second kappa shape index (κ2) is 4.86. The van der Waals surface area contributed by atoms with Crippen molar-refractivity contribution < 1.29 is 4.79 Å². The van der Waals surface area contributed by atoms with Crippen molar-refractivity contribution >= 4 is 17.7 Å². The van der Waals surface area contributed by atoms with E-state index in [1.165, 1.54) is 0 Å². The molecule has 0 aromatic heterocycles. The lowest BCUT2D eigenvalue weighted by Crippen LogP contribution is -2.42. The van der Waals surface area contributed by atoms with Crippen LogP contribution >= 0.6 is 11.8 Å². The maximum atomic E-state index is 11.7. The van der Waals surface area contributed by atoms with Crippen LogP contribution in [-0.4, -0.2) is 48.5 Å². The van der Waals surface area contributed by atoms with Crippen molar-refractivity contribution in [2.24, 2.45) is 0 Å². The summed E-state index contributed by atoms with van der Waals surface area (Å²) >= 11 is 1.61. The summed E-state index contributed by atoms with van der Waals surface area (Å²) in [5.74, 6) is 0.251. The van der Waals surface area contributed by atoms with Crippen LogP contribution in [0.4, 0.5) is 0 Å². The van der Waals surface area contributed by atoms with Crippen molar-refractivity contribution in [1.82, 2.24) is 10.2 Å². The van der Waals surface area contributed by atoms with E-state index >= 15 is 0 Å². The quantitative estimate of drug-likeness (QED) is 0.726. The van der Waals surface area contributed by atoms with Crippen molar-refractivity contribution in [3.63, 3.8) is 0 Å². The van der Waals surface area contributed by atoms with Crippen LogP contribution in [-0.2, 0) is 4.79 Å². The van der Waals surface area contributed by atoms with Crippen molar-refractivity contribution in [1.29, 1.82) is 0 Å². The molecule has 1 heterocycles. The summed E-state index contributed by atoms with van der Waals surface area (Å²) in [5, 5.41) is 3.35. The highest BCUT2D eigenvalue weighted by molar-refractivity contribution is 7.99. The van der Waals surface area contributed by atoms with Gasteiger partial charge in [0.05, 0.1) is 5.25 Å². The SMILES string of the molecule is CSC(C)C(=O)N(C)C1CCNC1. The summed E-state index contributed by atoms with van der Waals surface area (Å²) in [6, 6.07) is 0.405. The van der Waals surface area contributed by atoms with Gasteiger partial charge in [-0.2, -0.15) is 11.8 Å². The predicted molar refractivity (Wildman–Crippen MR) is 57.0 cm³/mol. The van der Waals surface area contributed by atoms with E-state index in [-0.39, 0.29) is 11.2 Å². The highest BCUT2D eigenvalue weighted by atomic mass is 32.2. The predicted octanol–water partition coefficient (Wildman–Crippen LogP) is 0.558. The van der Waals surface area contributed by atoms with Gasteiger partial charge in [-0.05, 0) is 26.1 Å². The van der Waals surface area contributed by atoms with Gasteiger partial charge in [0.15, 0.2) is 0 Å². The molecule has 2 unspecified atom stereocenters. The largest absolute Gasteiger partial charge is 0.340 e. The molecule has 1 fully saturated rings. The smallest absolute Gasteiger partial charge is 0.235 e. The Morgan fingerprint density at radius 3 is 2.85 bits per heavy atom. The van der Waals surface area contributed by atoms with Gasteiger partial charge in [0.25, 0.3) is 0 Å². The summed E-state index contributed by atoms with van der Waals surface area (Å²) in [6.45, 7) is 3.95. The number of nitrogens with one attached hydrogen (secondary N) is 1. The van der Waals surface area contributed by atoms with Gasteiger partial charge in [0, 0.05) is 19.6 Å². The molecule has 13 heavy (non-hydrogen) atoms. The number of nitrogens with zero attached hydrogens (tertiary/aromatic N) is 1. The summed E-state index contributed by atoms with van der Waals surface area (Å²) in [7, 11) is 1.91. The van der Waals surface area contributed by atoms with Crippen molar-refractivity contribution in [2.75, 3.05) is 26.4 Å². The van der Waals surface area contributed by atoms with Crippen LogP contribution < -0.4 is 5.32 Å². The summed E-state index contributed by atoms with van der Waals surface area (Å²) < 4.78 is 0. The Kier molecular flexibility index (Phi) is 4.06. The van der Waals surface area contributed by atoms with E-state index in [4.69, 9.17) is 0 Å². The number of hydrogen-bond donors (Lipinski definition) is 1. The minimum absolute atomic E-state index is 0.0885. The molecule has 2 atom stereocenters. The molecule has 0 radical (unpaired) electrons. The van der Waals surface area contributed by atoms with E-state index in [9.17, 15) is 4.79 Å². The van der Waals surface area contributed by atoms with Crippen LogP contribution in [0.5, 0.6) is 0 Å². The molecule has 1 rings (SSSR count). The summed E-state index contributed by atoms with van der Waals surface area (Å²) in [5.41, 5.74) is 0. The maximum absolute atomic E-state index is 11.7. The molecule has 0 spiro atoms. The van der Waals surface area contributed by atoms with Crippen LogP contribution in [0.25, 0.3) is 0 Å². The normalized spacial score (nSPS) is 24.4. The first-order valence-corrected chi connectivity index (χ1v) is 5.95. The Morgan fingerprint density at radius 2 is 2.38 bits per heavy atom. The highest BCUT2D eigenvalue weighted by Crippen LogP contribution is 2.13. The number of carbonyl (C=O) groups excluding carboxylic acids is 1. The van der Waals surface area contributed by atoms with E-state index in [1.54, 1.807) is 11.8 Å². The fourth-order valence-electron chi connectivity index (χ4n) is 1.54. The monoisotopic (exact) mass is 202 g/mol. The van der Waals surface area contributed by atoms with Crippen molar-refractivity contribution in [2.45, 2.75) is 24.6 Å². The van der Waals surface area contributed by atoms with Gasteiger partial charge < -0.3 is 10.2 Å². The Labute approximate surface area is 84.2 Å². The minimum Gasteiger partial charge on any atom is -0.340 e. The topological polar surface area (TPSA) is 32.3 Å². The van der Waals surface area contributed by atoms with E-state index in [1.807, 2.05) is 25.1 Å². The number of carbonyl (C=O) groups is 1. The molecule has 0 bridgehead atoms. The van der Waals surface area contributed by atoms with E-state index in [2.05, 4.69) is 5.32 Å². The third-order valence-corrected chi connectivity index (χ3v) is 3.54. The molecule has 0 aliphatic carbocycles. The fourth-order valence-corrected chi connectivity index (χ4v) is 1.91. The van der Waals surface area contributed by atoms with Crippen molar-refractivity contribution in [3.05, 3.63) is 0 Å². The standard InChI is InChI=1S/C9H18N2OS/c1-7(13-3)9(12)11(2)8-4-5-10-6-8/h7-8,10H,4-6H2,1-3H3. The number of amides is 1. The first-order valence-electron chi connectivity index (χ1n) is 4.67. The molecule has 1 amide bonds. The second-order valence-electron chi connectivity index (χ2n) is 3.47. The van der Waals surface area contributed by atoms with Crippen LogP contribution in [0.15, 0.2) is 0 Å². The van der Waals surface area contributed by atoms with Crippen LogP contribution in [0.3, 0.4) is 0 Å². The average molecular weight is 202 g/mol. The molecular formula is C9H18N2OS. The Morgan fingerprint density at radius 1 is 1.69 bits per heavy atom. The Bertz CT molecular complexity index is 180. The van der Waals surface area contributed by atoms with Gasteiger partial charge in [0.2, 0.25) is 5.91 Å². The zero-order valence-corrected chi connectivity index (χ0v) is 9.36. The molecule has 4 heteroatoms. The van der Waals surface area contributed by atoms with E-state index in [0.29, 0.717) is 6.04 Å². The Balaban J connectivity index is 2.45. The average Bonchev–Trinajstić information content (AvgIpc) is 2.67. The lowest BCUT2D eigenvalue weighted by atomic mass is 10.2. The molecule has 76 valence electrons. The van der Waals surface area contributed by atoms with Crippen molar-refractivity contribution in [3.8, 4) is 0 Å². The lowest BCUT2D eigenvalue weighted by Gasteiger charge is -2.26. The molecule has 1 N–H and O–H groups in total. The molecule has 1 saturated heterocycles. The number of likely N-dealkylation sites (N-methyl/N-ethyl adjacent to an activating group) is 1. The van der Waals surface area contributed by atoms with Gasteiger partial charge in [0.1, 0.15) is 0 Å². The lowest BCUT2D eigenvalue weighted by molar-refractivity contribution is -0.130. The van der Waals surface area contributed by atoms with E-state index < -0.39 is 0 Å². The minimum atomic E-state index is 0.0885. The van der Waals surface area contributed by atoms with Gasteiger partial charge in [-0.25, -0.2) is 0 Å². The van der Waals surface area contributed by atoms with Gasteiger partial charge >= 0.3 is 0 Å². The first kappa shape index (κ1) is 10.9. The van der Waals surface area contributed by atoms with Gasteiger partial charge in [-0.1, -0.05) is 0 Å². The third-order valence-electron chi connectivity index (χ3n) is 2.63. The molecule has 0 aromatic carbocycles. The number of rotatable bonds is 3. The fraction of sp³-hybridized carbons (Fsp3) is 0.889. The van der Waals surface area contributed by atoms with Gasteiger partial charge in [-0.3, -0.25) is 4.79 Å². The highest BCUT2D eigenvalue weighted by Gasteiger charge is 2.25. The zero-order chi connectivity index (χ0) is 9.84. The first-order chi connectivity index (χ1) is 6.16. The van der Waals surface area contributed by atoms with Crippen LogP contribution in [0.1, 0.15) is 13.3 Å². The molecular weight excluding hydrogens is 184 g/mol.